The fourth-order valence-corrected chi connectivity index (χ4v) is 5.51. The van der Waals surface area contributed by atoms with Crippen LogP contribution in [0.1, 0.15) is 61.5 Å². The van der Waals surface area contributed by atoms with Gasteiger partial charge in [0.05, 0.1) is 23.8 Å². The molecule has 2 atom stereocenters. The molecule has 2 saturated carbocycles. The first kappa shape index (κ1) is 23.0. The molecule has 2 bridgehead atoms. The molecule has 0 radical (unpaired) electrons. The smallest absolute Gasteiger partial charge is 0.365 e. The Balaban J connectivity index is 1.58. The van der Waals surface area contributed by atoms with E-state index in [2.05, 4.69) is 31.2 Å². The van der Waals surface area contributed by atoms with Crippen molar-refractivity contribution in [3.05, 3.63) is 59.2 Å². The van der Waals surface area contributed by atoms with Crippen LogP contribution < -0.4 is 10.1 Å². The summed E-state index contributed by atoms with van der Waals surface area (Å²) >= 11 is 0. The lowest BCUT2D eigenvalue weighted by Crippen LogP contribution is -2.43. The number of amides is 1. The Kier molecular flexibility index (Phi) is 5.59. The largest absolute Gasteiger partial charge is 0.497 e. The fraction of sp³-hybridized carbons (Fsp3) is 0.444. The maximum atomic E-state index is 13.7. The lowest BCUT2D eigenvalue weighted by atomic mass is 9.64. The van der Waals surface area contributed by atoms with Gasteiger partial charge in [0.15, 0.2) is 0 Å². The number of hydrogen-bond donors (Lipinski definition) is 1. The van der Waals surface area contributed by atoms with E-state index in [0.717, 1.165) is 35.4 Å². The second-order valence-electron chi connectivity index (χ2n) is 10.1. The quantitative estimate of drug-likeness (QED) is 0.472. The average molecular weight is 449 g/mol. The van der Waals surface area contributed by atoms with Crippen LogP contribution in [0.3, 0.4) is 0 Å². The van der Waals surface area contributed by atoms with Crippen LogP contribution in [-0.2, 0) is 9.63 Å². The topological polar surface area (TPSA) is 77.0 Å². The minimum Gasteiger partial charge on any atom is -0.497 e. The molecule has 2 aromatic rings. The van der Waals surface area contributed by atoms with Gasteiger partial charge < -0.3 is 14.9 Å². The number of nitrogens with one attached hydrogen (secondary N) is 1. The van der Waals surface area contributed by atoms with Crippen molar-refractivity contribution in [1.29, 1.82) is 0 Å². The molecule has 2 fully saturated rings. The summed E-state index contributed by atoms with van der Waals surface area (Å²) in [6, 6.07) is 12.8. The highest BCUT2D eigenvalue weighted by molar-refractivity contribution is 6.06. The van der Waals surface area contributed by atoms with E-state index in [4.69, 9.17) is 9.57 Å². The average Bonchev–Trinajstić information content (AvgIpc) is 3.10. The van der Waals surface area contributed by atoms with E-state index in [1.807, 2.05) is 32.0 Å². The van der Waals surface area contributed by atoms with Crippen LogP contribution in [0.2, 0.25) is 0 Å². The van der Waals surface area contributed by atoms with Crippen molar-refractivity contribution in [2.45, 2.75) is 53.9 Å². The predicted molar refractivity (Wildman–Crippen MR) is 129 cm³/mol. The van der Waals surface area contributed by atoms with Gasteiger partial charge in [-0.3, -0.25) is 4.79 Å². The van der Waals surface area contributed by atoms with Gasteiger partial charge in [-0.05, 0) is 73.6 Å². The minimum absolute atomic E-state index is 0.0107. The Labute approximate surface area is 195 Å². The van der Waals surface area contributed by atoms with Gasteiger partial charge in [-0.25, -0.2) is 4.79 Å². The molecule has 2 aliphatic rings. The van der Waals surface area contributed by atoms with Crippen LogP contribution in [0.15, 0.2) is 47.6 Å². The highest BCUT2D eigenvalue weighted by atomic mass is 16.7. The van der Waals surface area contributed by atoms with E-state index in [0.29, 0.717) is 17.7 Å². The molecule has 1 N–H and O–H groups in total. The summed E-state index contributed by atoms with van der Waals surface area (Å²) < 4.78 is 5.13. The van der Waals surface area contributed by atoms with Crippen molar-refractivity contribution in [2.75, 3.05) is 12.4 Å². The summed E-state index contributed by atoms with van der Waals surface area (Å²) in [6.07, 6.45) is 2.07. The standard InChI is InChI=1S/C27H32N2O4/c1-17-7-8-18(2)21(15-17)28-24(31)27-14-13-26(5,25(27,3)4)22(16-27)29-33-23(30)19-9-11-20(32-6)12-10-19/h7-12,15H,13-14,16H2,1-6H3,(H,28,31)/b29-22-. The van der Waals surface area contributed by atoms with Crippen LogP contribution in [0.4, 0.5) is 5.69 Å². The first-order valence-electron chi connectivity index (χ1n) is 11.4. The molecule has 2 unspecified atom stereocenters. The summed E-state index contributed by atoms with van der Waals surface area (Å²) in [4.78, 5) is 31.6. The molecular weight excluding hydrogens is 416 g/mol. The van der Waals surface area contributed by atoms with Crippen molar-refractivity contribution < 1.29 is 19.2 Å². The number of methoxy groups -OCH3 is 1. The zero-order valence-electron chi connectivity index (χ0n) is 20.2. The number of fused-ring (bicyclic) bond motifs is 2. The van der Waals surface area contributed by atoms with Gasteiger partial charge in [-0.2, -0.15) is 0 Å². The lowest BCUT2D eigenvalue weighted by molar-refractivity contribution is -0.130. The second kappa shape index (κ2) is 8.01. The Bertz CT molecular complexity index is 1140. The van der Waals surface area contributed by atoms with Gasteiger partial charge in [-0.15, -0.1) is 0 Å². The van der Waals surface area contributed by atoms with E-state index >= 15 is 0 Å². The predicted octanol–water partition coefficient (Wildman–Crippen LogP) is 5.68. The Hall–Kier alpha value is -3.15. The van der Waals surface area contributed by atoms with Gasteiger partial charge in [0, 0.05) is 17.5 Å². The molecule has 33 heavy (non-hydrogen) atoms. The molecule has 0 aliphatic heterocycles. The Morgan fingerprint density at radius 3 is 2.36 bits per heavy atom. The van der Waals surface area contributed by atoms with Gasteiger partial charge in [-0.1, -0.05) is 38.1 Å². The Morgan fingerprint density at radius 1 is 1.00 bits per heavy atom. The third-order valence-electron chi connectivity index (χ3n) is 8.37. The summed E-state index contributed by atoms with van der Waals surface area (Å²) in [5.74, 6) is 0.150. The highest BCUT2D eigenvalue weighted by Crippen LogP contribution is 2.71. The van der Waals surface area contributed by atoms with Gasteiger partial charge in [0.2, 0.25) is 5.91 Å². The van der Waals surface area contributed by atoms with Crippen molar-refractivity contribution >= 4 is 23.3 Å². The maximum Gasteiger partial charge on any atom is 0.365 e. The van der Waals surface area contributed by atoms with Crippen molar-refractivity contribution in [3.63, 3.8) is 0 Å². The molecule has 2 aromatic carbocycles. The Morgan fingerprint density at radius 2 is 1.70 bits per heavy atom. The molecule has 4 rings (SSSR count). The van der Waals surface area contributed by atoms with Crippen LogP contribution >= 0.6 is 0 Å². The molecule has 0 aromatic heterocycles. The highest BCUT2D eigenvalue weighted by Gasteiger charge is 2.71. The second-order valence-corrected chi connectivity index (χ2v) is 10.1. The molecule has 6 heteroatoms. The monoisotopic (exact) mass is 448 g/mol. The van der Waals surface area contributed by atoms with E-state index in [9.17, 15) is 9.59 Å². The summed E-state index contributed by atoms with van der Waals surface area (Å²) in [5, 5.41) is 7.51. The van der Waals surface area contributed by atoms with Crippen LogP contribution in [0, 0.1) is 30.1 Å². The lowest BCUT2D eigenvalue weighted by Gasteiger charge is -2.39. The van der Waals surface area contributed by atoms with Gasteiger partial charge in [0.25, 0.3) is 0 Å². The number of oxime groups is 1. The molecule has 0 spiro atoms. The number of aryl methyl sites for hydroxylation is 2. The first-order chi connectivity index (χ1) is 15.5. The molecule has 6 nitrogen and oxygen atoms in total. The number of rotatable bonds is 5. The van der Waals surface area contributed by atoms with Gasteiger partial charge >= 0.3 is 5.97 Å². The third-order valence-corrected chi connectivity index (χ3v) is 8.37. The molecule has 0 saturated heterocycles. The molecular formula is C27H32N2O4. The summed E-state index contributed by atoms with van der Waals surface area (Å²) in [5.41, 5.74) is 2.87. The number of hydrogen-bond acceptors (Lipinski definition) is 5. The van der Waals surface area contributed by atoms with Crippen molar-refractivity contribution in [3.8, 4) is 5.75 Å². The molecule has 174 valence electrons. The third kappa shape index (κ3) is 3.52. The summed E-state index contributed by atoms with van der Waals surface area (Å²) in [7, 11) is 1.57. The van der Waals surface area contributed by atoms with Crippen LogP contribution in [0.25, 0.3) is 0 Å². The SMILES string of the molecule is COc1ccc(C(=O)O/N=C2/CC3(C(=O)Nc4cc(C)ccc4C)CCC2(C)C3(C)C)cc1. The zero-order chi connectivity index (χ0) is 24.0. The first-order valence-corrected chi connectivity index (χ1v) is 11.4. The van der Waals surface area contributed by atoms with Gasteiger partial charge in [0.1, 0.15) is 5.75 Å². The number of carbonyl (C=O) groups excluding carboxylic acids is 2. The molecule has 1 amide bonds. The zero-order valence-corrected chi connectivity index (χ0v) is 20.2. The van der Waals surface area contributed by atoms with Crippen molar-refractivity contribution in [1.82, 2.24) is 0 Å². The number of carbonyl (C=O) groups is 2. The molecule has 0 heterocycles. The van der Waals surface area contributed by atoms with Crippen LogP contribution in [0.5, 0.6) is 5.75 Å². The van der Waals surface area contributed by atoms with Crippen LogP contribution in [-0.4, -0.2) is 24.7 Å². The minimum atomic E-state index is -0.608. The normalized spacial score (nSPS) is 26.3. The van der Waals surface area contributed by atoms with E-state index in [1.54, 1.807) is 31.4 Å². The van der Waals surface area contributed by atoms with E-state index in [1.165, 1.54) is 0 Å². The number of benzene rings is 2. The van der Waals surface area contributed by atoms with E-state index in [-0.39, 0.29) is 16.7 Å². The fourth-order valence-electron chi connectivity index (χ4n) is 5.51. The summed E-state index contributed by atoms with van der Waals surface area (Å²) in [6.45, 7) is 10.4. The number of nitrogens with zero attached hydrogens (tertiary/aromatic N) is 1. The molecule has 2 aliphatic carbocycles. The number of anilines is 1. The van der Waals surface area contributed by atoms with E-state index < -0.39 is 11.4 Å². The van der Waals surface area contributed by atoms with Crippen molar-refractivity contribution in [2.24, 2.45) is 21.4 Å². The number of ether oxygens (including phenoxy) is 1. The maximum absolute atomic E-state index is 13.7.